The second kappa shape index (κ2) is 5.76. The molecule has 4 heteroatoms. The van der Waals surface area contributed by atoms with Crippen LogP contribution in [-0.4, -0.2) is 5.16 Å². The van der Waals surface area contributed by atoms with Gasteiger partial charge in [0.1, 0.15) is 5.76 Å². The first kappa shape index (κ1) is 14.1. The monoisotopic (exact) mass is 278 g/mol. The normalized spacial score (nSPS) is 12.7. The van der Waals surface area contributed by atoms with Crippen LogP contribution in [0.15, 0.2) is 22.7 Å². The Balaban J connectivity index is 2.06. The van der Waals surface area contributed by atoms with Crippen LogP contribution in [0.5, 0.6) is 0 Å². The Morgan fingerprint density at radius 3 is 2.63 bits per heavy atom. The van der Waals surface area contributed by atoms with Crippen LogP contribution in [0.4, 0.5) is 0 Å². The molecule has 2 aromatic rings. The molecule has 1 N–H and O–H groups in total. The van der Waals surface area contributed by atoms with E-state index in [-0.39, 0.29) is 6.04 Å². The lowest BCUT2D eigenvalue weighted by atomic mass is 10.1. The summed E-state index contributed by atoms with van der Waals surface area (Å²) in [7, 11) is 0. The Labute approximate surface area is 118 Å². The van der Waals surface area contributed by atoms with Crippen molar-refractivity contribution < 1.29 is 4.52 Å². The molecule has 0 spiro atoms. The fraction of sp³-hybridized carbons (Fsp3) is 0.400. The van der Waals surface area contributed by atoms with Gasteiger partial charge in [-0.05, 0) is 44.9 Å². The third-order valence-electron chi connectivity index (χ3n) is 3.33. The average Bonchev–Trinajstić information content (AvgIpc) is 2.68. The van der Waals surface area contributed by atoms with E-state index >= 15 is 0 Å². The number of hydrogen-bond donors (Lipinski definition) is 1. The van der Waals surface area contributed by atoms with Crippen LogP contribution < -0.4 is 5.32 Å². The number of benzene rings is 1. The van der Waals surface area contributed by atoms with Crippen LogP contribution in [0.3, 0.4) is 0 Å². The molecule has 0 saturated carbocycles. The van der Waals surface area contributed by atoms with Gasteiger partial charge in [-0.2, -0.15) is 0 Å². The van der Waals surface area contributed by atoms with Crippen molar-refractivity contribution in [1.29, 1.82) is 0 Å². The molecule has 1 atom stereocenters. The number of aromatic nitrogens is 1. The van der Waals surface area contributed by atoms with E-state index in [1.807, 2.05) is 26.8 Å². The predicted molar refractivity (Wildman–Crippen MR) is 77.4 cm³/mol. The first-order chi connectivity index (χ1) is 8.99. The highest BCUT2D eigenvalue weighted by Gasteiger charge is 2.16. The summed E-state index contributed by atoms with van der Waals surface area (Å²) in [6.07, 6.45) is 0. The van der Waals surface area contributed by atoms with Crippen LogP contribution in [0.25, 0.3) is 0 Å². The van der Waals surface area contributed by atoms with Crippen LogP contribution in [0.2, 0.25) is 5.02 Å². The number of nitrogens with zero attached hydrogens (tertiary/aromatic N) is 1. The minimum Gasteiger partial charge on any atom is -0.361 e. The molecule has 0 fully saturated rings. The summed E-state index contributed by atoms with van der Waals surface area (Å²) in [5, 5.41) is 8.24. The largest absolute Gasteiger partial charge is 0.361 e. The van der Waals surface area contributed by atoms with Gasteiger partial charge in [0.25, 0.3) is 0 Å². The Hall–Kier alpha value is -1.32. The lowest BCUT2D eigenvalue weighted by Crippen LogP contribution is -2.19. The lowest BCUT2D eigenvalue weighted by Gasteiger charge is -2.14. The van der Waals surface area contributed by atoms with Crippen molar-refractivity contribution in [3.05, 3.63) is 51.4 Å². The maximum absolute atomic E-state index is 6.23. The maximum Gasteiger partial charge on any atom is 0.138 e. The smallest absolute Gasteiger partial charge is 0.138 e. The van der Waals surface area contributed by atoms with Gasteiger partial charge in [0.2, 0.25) is 0 Å². The van der Waals surface area contributed by atoms with Crippen LogP contribution in [0.1, 0.15) is 41.1 Å². The minimum atomic E-state index is 0.184. The minimum absolute atomic E-state index is 0.184. The number of aryl methyl sites for hydroxylation is 3. The molecule has 1 aromatic carbocycles. The summed E-state index contributed by atoms with van der Waals surface area (Å²) < 4.78 is 5.19. The summed E-state index contributed by atoms with van der Waals surface area (Å²) in [5.74, 6) is 0.868. The molecule has 3 nitrogen and oxygen atoms in total. The summed E-state index contributed by atoms with van der Waals surface area (Å²) in [4.78, 5) is 0. The van der Waals surface area contributed by atoms with E-state index in [1.165, 1.54) is 5.56 Å². The van der Waals surface area contributed by atoms with Gasteiger partial charge in [0, 0.05) is 23.2 Å². The van der Waals surface area contributed by atoms with Gasteiger partial charge in [-0.1, -0.05) is 28.9 Å². The Morgan fingerprint density at radius 1 is 1.32 bits per heavy atom. The van der Waals surface area contributed by atoms with E-state index < -0.39 is 0 Å². The molecular formula is C15H19ClN2O. The molecule has 1 aromatic heterocycles. The zero-order chi connectivity index (χ0) is 14.0. The van der Waals surface area contributed by atoms with Crippen molar-refractivity contribution in [3.8, 4) is 0 Å². The fourth-order valence-electron chi connectivity index (χ4n) is 2.27. The molecule has 0 bridgehead atoms. The van der Waals surface area contributed by atoms with Gasteiger partial charge >= 0.3 is 0 Å². The first-order valence-electron chi connectivity index (χ1n) is 6.40. The van der Waals surface area contributed by atoms with E-state index in [2.05, 4.69) is 29.5 Å². The van der Waals surface area contributed by atoms with Crippen molar-refractivity contribution >= 4 is 11.6 Å². The van der Waals surface area contributed by atoms with E-state index in [9.17, 15) is 0 Å². The Kier molecular flexibility index (Phi) is 4.27. The highest BCUT2D eigenvalue weighted by molar-refractivity contribution is 6.31. The maximum atomic E-state index is 6.23. The Bertz CT molecular complexity index is 558. The molecule has 0 aliphatic heterocycles. The van der Waals surface area contributed by atoms with Gasteiger partial charge in [-0.15, -0.1) is 0 Å². The van der Waals surface area contributed by atoms with E-state index in [4.69, 9.17) is 16.1 Å². The van der Waals surface area contributed by atoms with Gasteiger partial charge < -0.3 is 9.84 Å². The number of nitrogens with one attached hydrogen (secondary N) is 1. The third-order valence-corrected chi connectivity index (χ3v) is 3.68. The molecule has 102 valence electrons. The summed E-state index contributed by atoms with van der Waals surface area (Å²) in [6.45, 7) is 8.77. The lowest BCUT2D eigenvalue weighted by molar-refractivity contribution is 0.390. The topological polar surface area (TPSA) is 38.1 Å². The standard InChI is InChI=1S/C15H19ClN2O/c1-9-5-6-13(14(16)7-9)8-17-10(2)15-11(3)18-19-12(15)4/h5-7,10,17H,8H2,1-4H3. The van der Waals surface area contributed by atoms with Crippen LogP contribution >= 0.6 is 11.6 Å². The van der Waals surface area contributed by atoms with Crippen molar-refractivity contribution in [3.63, 3.8) is 0 Å². The van der Waals surface area contributed by atoms with E-state index in [0.29, 0.717) is 0 Å². The molecular weight excluding hydrogens is 260 g/mol. The number of rotatable bonds is 4. The SMILES string of the molecule is Cc1ccc(CNC(C)c2c(C)noc2C)c(Cl)c1. The predicted octanol–water partition coefficient (Wildman–Crippen LogP) is 4.10. The van der Waals surface area contributed by atoms with Crippen molar-refractivity contribution in [2.24, 2.45) is 0 Å². The van der Waals surface area contributed by atoms with Gasteiger partial charge in [-0.3, -0.25) is 0 Å². The molecule has 0 radical (unpaired) electrons. The second-order valence-corrected chi connectivity index (χ2v) is 5.34. The average molecular weight is 279 g/mol. The van der Waals surface area contributed by atoms with Crippen molar-refractivity contribution in [1.82, 2.24) is 10.5 Å². The molecule has 1 heterocycles. The van der Waals surface area contributed by atoms with E-state index in [0.717, 1.165) is 34.1 Å². The van der Waals surface area contributed by atoms with Crippen molar-refractivity contribution in [2.45, 2.75) is 40.3 Å². The number of hydrogen-bond acceptors (Lipinski definition) is 3. The fourth-order valence-corrected chi connectivity index (χ4v) is 2.57. The summed E-state index contributed by atoms with van der Waals surface area (Å²) >= 11 is 6.23. The van der Waals surface area contributed by atoms with Gasteiger partial charge in [0.15, 0.2) is 0 Å². The summed E-state index contributed by atoms with van der Waals surface area (Å²) in [6, 6.07) is 6.30. The van der Waals surface area contributed by atoms with E-state index in [1.54, 1.807) is 0 Å². The van der Waals surface area contributed by atoms with Gasteiger partial charge in [0.05, 0.1) is 5.69 Å². The third kappa shape index (κ3) is 3.17. The first-order valence-corrected chi connectivity index (χ1v) is 6.78. The highest BCUT2D eigenvalue weighted by atomic mass is 35.5. The quantitative estimate of drug-likeness (QED) is 0.915. The van der Waals surface area contributed by atoms with Gasteiger partial charge in [-0.25, -0.2) is 0 Å². The molecule has 2 rings (SSSR count). The second-order valence-electron chi connectivity index (χ2n) is 4.94. The summed E-state index contributed by atoms with van der Waals surface area (Å²) in [5.41, 5.74) is 4.34. The molecule has 1 unspecified atom stereocenters. The molecule has 0 saturated heterocycles. The zero-order valence-corrected chi connectivity index (χ0v) is 12.5. The molecule has 0 amide bonds. The van der Waals surface area contributed by atoms with Crippen molar-refractivity contribution in [2.75, 3.05) is 0 Å². The highest BCUT2D eigenvalue weighted by Crippen LogP contribution is 2.23. The zero-order valence-electron chi connectivity index (χ0n) is 11.7. The van der Waals surface area contributed by atoms with Crippen LogP contribution in [0, 0.1) is 20.8 Å². The molecule has 19 heavy (non-hydrogen) atoms. The Morgan fingerprint density at radius 2 is 2.05 bits per heavy atom. The van der Waals surface area contributed by atoms with Crippen LogP contribution in [-0.2, 0) is 6.54 Å². The molecule has 0 aliphatic rings. The molecule has 0 aliphatic carbocycles. The number of halogens is 1.